The normalized spacial score (nSPS) is 17.5. The van der Waals surface area contributed by atoms with E-state index in [-0.39, 0.29) is 16.8 Å². The van der Waals surface area contributed by atoms with Gasteiger partial charge in [-0.15, -0.1) is 5.10 Å². The highest BCUT2D eigenvalue weighted by atomic mass is 32.2. The number of nitrogen functional groups attached to an aromatic ring is 1. The van der Waals surface area contributed by atoms with Gasteiger partial charge in [0.05, 0.1) is 4.90 Å². The van der Waals surface area contributed by atoms with Gasteiger partial charge in [0.25, 0.3) is 0 Å². The first kappa shape index (κ1) is 15.9. The molecule has 0 bridgehead atoms. The van der Waals surface area contributed by atoms with E-state index in [1.165, 1.54) is 22.5 Å². The number of halogens is 1. The Kier molecular flexibility index (Phi) is 4.07. The number of benzene rings is 1. The molecular weight excluding hydrogens is 323 g/mol. The van der Waals surface area contributed by atoms with Crippen LogP contribution < -0.4 is 5.73 Å². The molecule has 2 N–H and O–H groups in total. The Morgan fingerprint density at radius 3 is 2.57 bits per heavy atom. The molecule has 1 aromatic heterocycles. The summed E-state index contributed by atoms with van der Waals surface area (Å²) in [5.41, 5.74) is 5.71. The molecule has 2 aromatic rings. The van der Waals surface area contributed by atoms with Crippen LogP contribution in [0.4, 0.5) is 10.4 Å². The fourth-order valence-electron chi connectivity index (χ4n) is 2.68. The molecule has 1 aliphatic rings. The molecule has 7 nitrogen and oxygen atoms in total. The number of sulfonamides is 1. The number of nitrogens with zero attached hydrogens (tertiary/aromatic N) is 3. The lowest BCUT2D eigenvalue weighted by Crippen LogP contribution is -2.38. The predicted octanol–water partition coefficient (Wildman–Crippen LogP) is 1.67. The van der Waals surface area contributed by atoms with Crippen molar-refractivity contribution in [2.24, 2.45) is 0 Å². The highest BCUT2D eigenvalue weighted by Crippen LogP contribution is 2.30. The third-order valence-electron chi connectivity index (χ3n) is 4.03. The Bertz CT molecular complexity index is 813. The van der Waals surface area contributed by atoms with Crippen LogP contribution in [-0.4, -0.2) is 36.0 Å². The molecule has 9 heteroatoms. The molecule has 1 saturated heterocycles. The highest BCUT2D eigenvalue weighted by Gasteiger charge is 2.32. The Balaban J connectivity index is 1.74. The van der Waals surface area contributed by atoms with Gasteiger partial charge in [0.15, 0.2) is 0 Å². The van der Waals surface area contributed by atoms with E-state index in [2.05, 4.69) is 10.2 Å². The molecule has 0 saturated carbocycles. The zero-order valence-electron chi connectivity index (χ0n) is 12.6. The van der Waals surface area contributed by atoms with Gasteiger partial charge in [-0.1, -0.05) is 5.10 Å². The first-order valence-corrected chi connectivity index (χ1v) is 8.67. The van der Waals surface area contributed by atoms with Crippen LogP contribution in [0.5, 0.6) is 0 Å². The Morgan fingerprint density at radius 1 is 1.30 bits per heavy atom. The van der Waals surface area contributed by atoms with Gasteiger partial charge in [0, 0.05) is 19.0 Å². The van der Waals surface area contributed by atoms with Crippen molar-refractivity contribution in [3.8, 4) is 0 Å². The number of anilines is 1. The lowest BCUT2D eigenvalue weighted by atomic mass is 9.98. The molecular formula is C14H17FN4O3S. The van der Waals surface area contributed by atoms with E-state index in [0.29, 0.717) is 37.4 Å². The van der Waals surface area contributed by atoms with Crippen molar-refractivity contribution in [1.82, 2.24) is 14.5 Å². The molecule has 2 heterocycles. The molecule has 0 atom stereocenters. The summed E-state index contributed by atoms with van der Waals surface area (Å²) in [6, 6.07) is 3.84. The lowest BCUT2D eigenvalue weighted by molar-refractivity contribution is 0.292. The van der Waals surface area contributed by atoms with Crippen LogP contribution in [0.15, 0.2) is 27.5 Å². The fourth-order valence-corrected chi connectivity index (χ4v) is 4.24. The number of nitrogens with two attached hydrogens (primary N) is 1. The zero-order valence-corrected chi connectivity index (χ0v) is 13.4. The van der Waals surface area contributed by atoms with Crippen molar-refractivity contribution in [2.45, 2.75) is 30.6 Å². The van der Waals surface area contributed by atoms with Crippen LogP contribution in [0, 0.1) is 12.7 Å². The fraction of sp³-hybridized carbons (Fsp3) is 0.429. The Morgan fingerprint density at radius 2 is 2.00 bits per heavy atom. The van der Waals surface area contributed by atoms with Crippen LogP contribution in [0.3, 0.4) is 0 Å². The zero-order chi connectivity index (χ0) is 16.6. The molecule has 1 fully saturated rings. The molecule has 0 radical (unpaired) electrons. The minimum absolute atomic E-state index is 0.00111. The van der Waals surface area contributed by atoms with E-state index >= 15 is 0 Å². The van der Waals surface area contributed by atoms with Crippen molar-refractivity contribution < 1.29 is 17.2 Å². The van der Waals surface area contributed by atoms with Gasteiger partial charge in [-0.2, -0.15) is 4.31 Å². The first-order valence-electron chi connectivity index (χ1n) is 7.23. The SMILES string of the molecule is Cc1cc(S(=O)(=O)N2CCC(c3nnc(N)o3)CC2)ccc1F. The number of hydrogen-bond acceptors (Lipinski definition) is 6. The van der Waals surface area contributed by atoms with Crippen molar-refractivity contribution >= 4 is 16.0 Å². The summed E-state index contributed by atoms with van der Waals surface area (Å²) >= 11 is 0. The van der Waals surface area contributed by atoms with Gasteiger partial charge in [0.1, 0.15) is 5.82 Å². The minimum Gasteiger partial charge on any atom is -0.408 e. The molecule has 0 aliphatic carbocycles. The van der Waals surface area contributed by atoms with Gasteiger partial charge >= 0.3 is 6.01 Å². The second-order valence-corrected chi connectivity index (χ2v) is 7.51. The van der Waals surface area contributed by atoms with Crippen molar-refractivity contribution in [2.75, 3.05) is 18.8 Å². The smallest absolute Gasteiger partial charge is 0.312 e. The third-order valence-corrected chi connectivity index (χ3v) is 5.92. The first-order chi connectivity index (χ1) is 10.9. The van der Waals surface area contributed by atoms with E-state index in [0.717, 1.165) is 0 Å². The quantitative estimate of drug-likeness (QED) is 0.912. The topological polar surface area (TPSA) is 102 Å². The third kappa shape index (κ3) is 3.06. The van der Waals surface area contributed by atoms with Crippen LogP contribution in [0.25, 0.3) is 0 Å². The summed E-state index contributed by atoms with van der Waals surface area (Å²) in [6.45, 7) is 2.22. The second kappa shape index (κ2) is 5.89. The van der Waals surface area contributed by atoms with E-state index < -0.39 is 15.8 Å². The van der Waals surface area contributed by atoms with Gasteiger partial charge in [-0.05, 0) is 43.5 Å². The maximum Gasteiger partial charge on any atom is 0.312 e. The highest BCUT2D eigenvalue weighted by molar-refractivity contribution is 7.89. The summed E-state index contributed by atoms with van der Waals surface area (Å²) in [7, 11) is -3.63. The van der Waals surface area contributed by atoms with Crippen LogP contribution >= 0.6 is 0 Å². The molecule has 1 aliphatic heterocycles. The number of aromatic nitrogens is 2. The van der Waals surface area contributed by atoms with Crippen LogP contribution in [0.1, 0.15) is 30.2 Å². The molecule has 1 aromatic carbocycles. The van der Waals surface area contributed by atoms with E-state index in [1.54, 1.807) is 6.92 Å². The predicted molar refractivity (Wildman–Crippen MR) is 80.6 cm³/mol. The van der Waals surface area contributed by atoms with Gasteiger partial charge in [-0.25, -0.2) is 12.8 Å². The number of aryl methyl sites for hydroxylation is 1. The molecule has 3 rings (SSSR count). The minimum atomic E-state index is -3.63. The summed E-state index contributed by atoms with van der Waals surface area (Å²) in [6.07, 6.45) is 1.14. The second-order valence-electron chi connectivity index (χ2n) is 5.57. The van der Waals surface area contributed by atoms with E-state index in [4.69, 9.17) is 10.2 Å². The van der Waals surface area contributed by atoms with E-state index in [1.807, 2.05) is 0 Å². The van der Waals surface area contributed by atoms with Gasteiger partial charge in [0.2, 0.25) is 15.9 Å². The van der Waals surface area contributed by atoms with Crippen LogP contribution in [0.2, 0.25) is 0 Å². The lowest BCUT2D eigenvalue weighted by Gasteiger charge is -2.29. The number of hydrogen-bond donors (Lipinski definition) is 1. The molecule has 0 unspecified atom stereocenters. The van der Waals surface area contributed by atoms with Crippen molar-refractivity contribution in [3.05, 3.63) is 35.5 Å². The van der Waals surface area contributed by atoms with E-state index in [9.17, 15) is 12.8 Å². The summed E-state index contributed by atoms with van der Waals surface area (Å²) < 4.78 is 45.2. The monoisotopic (exact) mass is 340 g/mol. The summed E-state index contributed by atoms with van der Waals surface area (Å²) in [5, 5.41) is 7.47. The van der Waals surface area contributed by atoms with Crippen LogP contribution in [-0.2, 0) is 10.0 Å². The summed E-state index contributed by atoms with van der Waals surface area (Å²) in [5.74, 6) is 0.0232. The molecule has 23 heavy (non-hydrogen) atoms. The maximum atomic E-state index is 13.3. The molecule has 0 amide bonds. The maximum absolute atomic E-state index is 13.3. The standard InChI is InChI=1S/C14H17FN4O3S/c1-9-8-11(2-3-12(9)15)23(20,21)19-6-4-10(5-7-19)13-17-18-14(16)22-13/h2-3,8,10H,4-7H2,1H3,(H2,16,18). The van der Waals surface area contributed by atoms with Crippen molar-refractivity contribution in [1.29, 1.82) is 0 Å². The Hall–Kier alpha value is -2.00. The summed E-state index contributed by atoms with van der Waals surface area (Å²) in [4.78, 5) is 0.108. The van der Waals surface area contributed by atoms with Gasteiger partial charge in [-0.3, -0.25) is 0 Å². The average molecular weight is 340 g/mol. The molecule has 124 valence electrons. The number of rotatable bonds is 3. The van der Waals surface area contributed by atoms with Crippen molar-refractivity contribution in [3.63, 3.8) is 0 Å². The number of piperidine rings is 1. The van der Waals surface area contributed by atoms with Gasteiger partial charge < -0.3 is 10.2 Å². The average Bonchev–Trinajstić information content (AvgIpc) is 2.96. The molecule has 0 spiro atoms. The Labute approximate surface area is 133 Å². The largest absolute Gasteiger partial charge is 0.408 e.